The maximum absolute atomic E-state index is 13.1. The van der Waals surface area contributed by atoms with Crippen molar-refractivity contribution in [2.24, 2.45) is 5.41 Å². The molecule has 0 bridgehead atoms. The molecule has 0 atom stereocenters. The van der Waals surface area contributed by atoms with Crippen LogP contribution in [0.3, 0.4) is 0 Å². The molecule has 516 valence electrons. The Kier molecular flexibility index (Phi) is 26.5. The molecule has 3 heterocycles. The number of carbonyl (C=O) groups is 2. The van der Waals surface area contributed by atoms with Gasteiger partial charge in [-0.05, 0) is 130 Å². The van der Waals surface area contributed by atoms with Crippen LogP contribution in [0.2, 0.25) is 0 Å². The van der Waals surface area contributed by atoms with Crippen molar-refractivity contribution in [3.8, 4) is 5.69 Å². The van der Waals surface area contributed by atoms with Crippen molar-refractivity contribution >= 4 is 60.3 Å². The van der Waals surface area contributed by atoms with E-state index in [-0.39, 0.29) is 39.4 Å². The van der Waals surface area contributed by atoms with Crippen LogP contribution in [0.15, 0.2) is 121 Å². The number of hydrogen-bond acceptors (Lipinski definition) is 15. The van der Waals surface area contributed by atoms with Crippen LogP contribution in [0, 0.1) is 12.3 Å². The van der Waals surface area contributed by atoms with E-state index in [1.807, 2.05) is 54.1 Å². The molecule has 0 saturated heterocycles. The van der Waals surface area contributed by atoms with Gasteiger partial charge in [0.05, 0.1) is 98.0 Å². The van der Waals surface area contributed by atoms with Crippen LogP contribution in [0.25, 0.3) is 11.3 Å². The Morgan fingerprint density at radius 1 is 0.695 bits per heavy atom. The second kappa shape index (κ2) is 34.0. The monoisotopic (exact) mass is 1350 g/mol. The van der Waals surface area contributed by atoms with Gasteiger partial charge in [0.2, 0.25) is 5.69 Å². The Balaban J connectivity index is 0.737. The molecule has 0 unspecified atom stereocenters. The predicted octanol–water partition coefficient (Wildman–Crippen LogP) is 11.1. The van der Waals surface area contributed by atoms with Gasteiger partial charge < -0.3 is 44.1 Å². The lowest BCUT2D eigenvalue weighted by molar-refractivity contribution is -0.438. The van der Waals surface area contributed by atoms with Crippen molar-refractivity contribution < 1.29 is 63.8 Å². The Labute approximate surface area is 563 Å². The van der Waals surface area contributed by atoms with Gasteiger partial charge >= 0.3 is 0 Å². The SMILES string of the molecule is Cc1nn(-c2ccc(C(=O)N(C)C)c(NCCCOCCOCCOCCOCCOCCCNCc3ccc(C(=C\C=C4\N(CCCCS(=O)(=O)O)c5ccccc5C4(C)C)/C=C/C4=[N+](CCCCS(=O)(=O)O)c5ccccc5C4(C)C)cc3)c2)c2c1C(=O)CC(C)(C)C2. The molecule has 0 spiro atoms. The summed E-state index contributed by atoms with van der Waals surface area (Å²) in [7, 11) is -4.69. The number of hydrogen-bond donors (Lipinski definition) is 4. The molecule has 0 fully saturated rings. The van der Waals surface area contributed by atoms with E-state index in [4.69, 9.17) is 28.8 Å². The van der Waals surface area contributed by atoms with E-state index in [1.54, 1.807) is 19.0 Å². The van der Waals surface area contributed by atoms with Crippen LogP contribution in [-0.2, 0) is 67.7 Å². The number of aryl methyl sites for hydroxylation is 1. The van der Waals surface area contributed by atoms with E-state index in [0.29, 0.717) is 148 Å². The van der Waals surface area contributed by atoms with Gasteiger partial charge in [-0.3, -0.25) is 18.7 Å². The fourth-order valence-electron chi connectivity index (χ4n) is 12.8. The summed E-state index contributed by atoms with van der Waals surface area (Å²) in [5, 5.41) is 11.8. The molecule has 5 aromatic rings. The summed E-state index contributed by atoms with van der Waals surface area (Å²) in [6, 6.07) is 30.8. The van der Waals surface area contributed by atoms with E-state index in [9.17, 15) is 35.5 Å². The number of amides is 1. The minimum absolute atomic E-state index is 0.110. The molecule has 4 N–H and O–H groups in total. The molecule has 3 aliphatic rings. The zero-order chi connectivity index (χ0) is 68.4. The maximum atomic E-state index is 13.1. The van der Waals surface area contributed by atoms with Crippen molar-refractivity contribution in [1.29, 1.82) is 0 Å². The molecule has 4 aromatic carbocycles. The highest BCUT2D eigenvalue weighted by Gasteiger charge is 2.44. The number of carbonyl (C=O) groups excluding carboxylic acids is 2. The van der Waals surface area contributed by atoms with Crippen molar-refractivity contribution in [2.45, 2.75) is 117 Å². The topological polar surface area (TPSA) is 240 Å². The summed E-state index contributed by atoms with van der Waals surface area (Å²) in [4.78, 5) is 30.0. The third-order valence-electron chi connectivity index (χ3n) is 17.6. The number of nitrogens with zero attached hydrogens (tertiary/aromatic N) is 5. The Bertz CT molecular complexity index is 3790. The van der Waals surface area contributed by atoms with Crippen molar-refractivity contribution in [3.63, 3.8) is 0 Å². The lowest BCUT2D eigenvalue weighted by atomic mass is 9.75. The highest BCUT2D eigenvalue weighted by atomic mass is 32.2. The zero-order valence-electron chi connectivity index (χ0n) is 57.1. The van der Waals surface area contributed by atoms with Gasteiger partial charge in [-0.2, -0.15) is 26.5 Å². The van der Waals surface area contributed by atoms with Gasteiger partial charge in [-0.25, -0.2) is 4.68 Å². The second-order valence-electron chi connectivity index (χ2n) is 26.7. The number of ketones is 1. The molecular weight excluding hydrogens is 1250 g/mol. The van der Waals surface area contributed by atoms with Gasteiger partial charge in [0.15, 0.2) is 11.5 Å². The minimum atomic E-state index is -4.08. The average Bonchev–Trinajstić information content (AvgIpc) is 1.58. The highest BCUT2D eigenvalue weighted by Crippen LogP contribution is 2.48. The molecule has 8 rings (SSSR count). The Morgan fingerprint density at radius 3 is 1.92 bits per heavy atom. The lowest BCUT2D eigenvalue weighted by Crippen LogP contribution is -2.28. The molecule has 20 nitrogen and oxygen atoms in total. The molecule has 22 heteroatoms. The quantitative estimate of drug-likeness (QED) is 0.0124. The van der Waals surface area contributed by atoms with Crippen molar-refractivity contribution in [3.05, 3.63) is 166 Å². The second-order valence-corrected chi connectivity index (χ2v) is 29.9. The van der Waals surface area contributed by atoms with Crippen LogP contribution < -0.4 is 15.5 Å². The number of aromatic nitrogens is 2. The number of benzene rings is 4. The molecule has 1 aliphatic carbocycles. The number of unbranched alkanes of at least 4 members (excludes halogenated alkanes) is 2. The number of ether oxygens (including phenoxy) is 5. The maximum Gasteiger partial charge on any atom is 0.264 e. The van der Waals surface area contributed by atoms with Crippen LogP contribution in [0.5, 0.6) is 0 Å². The Hall–Kier alpha value is -6.70. The highest BCUT2D eigenvalue weighted by molar-refractivity contribution is 7.86. The Morgan fingerprint density at radius 2 is 1.28 bits per heavy atom. The van der Waals surface area contributed by atoms with Crippen LogP contribution in [-0.4, -0.2) is 180 Å². The first-order valence-corrected chi connectivity index (χ1v) is 36.5. The number of nitrogens with one attached hydrogen (secondary N) is 2. The summed E-state index contributed by atoms with van der Waals surface area (Å²) in [5.74, 6) is -0.572. The minimum Gasteiger partial charge on any atom is -0.384 e. The number of anilines is 2. The number of para-hydroxylation sites is 2. The summed E-state index contributed by atoms with van der Waals surface area (Å²) in [6.07, 6.45) is 13.2. The summed E-state index contributed by atoms with van der Waals surface area (Å²) >= 11 is 0. The molecule has 1 amide bonds. The third kappa shape index (κ3) is 20.7. The number of fused-ring (bicyclic) bond motifs is 3. The van der Waals surface area contributed by atoms with E-state index in [2.05, 4.69) is 134 Å². The standard InChI is InChI=1S/C73H99N7O13S2/c1-54-69-65(51-71(2,3)52-66(69)81)80(76-54)58-30-31-59(70(82)77(8)9)62(50-58)75-35-19-39-90-41-43-92-45-47-93-46-44-91-42-40-89-38-18-34-74-53-55-24-26-56(27-25-55)57(28-32-67-72(4,5)60-20-10-12-22-63(60)78(67)36-14-16-48-94(83,84)85)29-33-68-73(6,7)61-21-11-13-23-64(61)79(68)37-15-17-49-95(86,87)88/h10-13,20-33,50,74H,14-19,34-49,51-53H2,1-9H3,(H2-,75,82,83,84,85,86,87,88)/p+1. The first kappa shape index (κ1) is 74.1. The molecule has 95 heavy (non-hydrogen) atoms. The molecule has 0 radical (unpaired) electrons. The van der Waals surface area contributed by atoms with Gasteiger partial charge in [-0.1, -0.05) is 94.4 Å². The van der Waals surface area contributed by atoms with E-state index >= 15 is 0 Å². The molecule has 0 saturated carbocycles. The first-order valence-electron chi connectivity index (χ1n) is 33.3. The van der Waals surface area contributed by atoms with E-state index in [1.165, 1.54) is 11.1 Å². The van der Waals surface area contributed by atoms with Crippen LogP contribution in [0.1, 0.15) is 141 Å². The predicted molar refractivity (Wildman–Crippen MR) is 375 cm³/mol. The zero-order valence-corrected chi connectivity index (χ0v) is 58.7. The molecular formula is C73H100N7O13S2+. The van der Waals surface area contributed by atoms with Crippen molar-refractivity contribution in [1.82, 2.24) is 20.0 Å². The van der Waals surface area contributed by atoms with Crippen LogP contribution >= 0.6 is 0 Å². The summed E-state index contributed by atoms with van der Waals surface area (Å²) in [5.41, 5.74) is 13.2. The number of allylic oxidation sites excluding steroid dienone is 6. The fraction of sp³-hybridized carbons (Fsp3) is 0.507. The van der Waals surface area contributed by atoms with Gasteiger partial charge in [0, 0.05) is 100.0 Å². The number of Topliss-reactive ketones (excluding diaryl/α,β-unsaturated/α-hetero) is 1. The largest absolute Gasteiger partial charge is 0.384 e. The average molecular weight is 1350 g/mol. The van der Waals surface area contributed by atoms with Gasteiger partial charge in [0.1, 0.15) is 6.54 Å². The lowest BCUT2D eigenvalue weighted by Gasteiger charge is -2.29. The summed E-state index contributed by atoms with van der Waals surface area (Å²) < 4.78 is 98.3. The summed E-state index contributed by atoms with van der Waals surface area (Å²) in [6.45, 7) is 22.8. The van der Waals surface area contributed by atoms with E-state index < -0.39 is 20.2 Å². The van der Waals surface area contributed by atoms with E-state index in [0.717, 1.165) is 75.9 Å². The van der Waals surface area contributed by atoms with Gasteiger partial charge in [-0.15, -0.1) is 0 Å². The molecule has 1 aromatic heterocycles. The van der Waals surface area contributed by atoms with Gasteiger partial charge in [0.25, 0.3) is 26.1 Å². The van der Waals surface area contributed by atoms with Crippen molar-refractivity contribution in [2.75, 3.05) is 128 Å². The fourth-order valence-corrected chi connectivity index (χ4v) is 13.9. The smallest absolute Gasteiger partial charge is 0.264 e. The van der Waals surface area contributed by atoms with Crippen LogP contribution in [0.4, 0.5) is 17.1 Å². The third-order valence-corrected chi connectivity index (χ3v) is 19.2. The normalized spacial score (nSPS) is 16.3. The first-order chi connectivity index (χ1) is 45.3. The number of rotatable bonds is 39. The molecule has 2 aliphatic heterocycles.